The highest BCUT2D eigenvalue weighted by molar-refractivity contribution is 8.00. The van der Waals surface area contributed by atoms with Gasteiger partial charge in [0.15, 0.2) is 0 Å². The van der Waals surface area contributed by atoms with Gasteiger partial charge in [0, 0.05) is 30.3 Å². The van der Waals surface area contributed by atoms with E-state index in [2.05, 4.69) is 24.2 Å². The van der Waals surface area contributed by atoms with Crippen LogP contribution < -0.4 is 0 Å². The average Bonchev–Trinajstić information content (AvgIpc) is 2.81. The van der Waals surface area contributed by atoms with E-state index in [1.165, 1.54) is 10.5 Å². The second-order valence-corrected chi connectivity index (χ2v) is 5.56. The molecule has 100 valence electrons. The van der Waals surface area contributed by atoms with Crippen LogP contribution in [-0.4, -0.2) is 21.3 Å². The van der Waals surface area contributed by atoms with Crippen molar-refractivity contribution in [2.45, 2.75) is 24.7 Å². The number of aromatic nitrogens is 2. The quantitative estimate of drug-likeness (QED) is 0.759. The van der Waals surface area contributed by atoms with E-state index in [1.807, 2.05) is 29.9 Å². The van der Waals surface area contributed by atoms with Crippen LogP contribution >= 0.6 is 11.8 Å². The molecule has 0 radical (unpaired) electrons. The van der Waals surface area contributed by atoms with Gasteiger partial charge in [0.2, 0.25) is 0 Å². The number of aryl methyl sites for hydroxylation is 3. The maximum atomic E-state index is 11.9. The van der Waals surface area contributed by atoms with Gasteiger partial charge in [-0.05, 0) is 31.0 Å². The first-order valence-corrected chi connectivity index (χ1v) is 7.32. The minimum Gasteiger partial charge on any atom is -0.299 e. The van der Waals surface area contributed by atoms with Gasteiger partial charge in [-0.15, -0.1) is 11.8 Å². The van der Waals surface area contributed by atoms with Gasteiger partial charge in [-0.3, -0.25) is 9.48 Å². The molecule has 4 heteroatoms. The lowest BCUT2D eigenvalue weighted by molar-refractivity contribution is -0.116. The van der Waals surface area contributed by atoms with Gasteiger partial charge in [-0.1, -0.05) is 18.2 Å². The van der Waals surface area contributed by atoms with Gasteiger partial charge in [0.1, 0.15) is 5.78 Å². The minimum atomic E-state index is 0.287. The van der Waals surface area contributed by atoms with Crippen LogP contribution in [0.15, 0.2) is 41.4 Å². The van der Waals surface area contributed by atoms with E-state index >= 15 is 0 Å². The van der Waals surface area contributed by atoms with Crippen LogP contribution in [0.5, 0.6) is 0 Å². The van der Waals surface area contributed by atoms with Crippen LogP contribution in [0.25, 0.3) is 0 Å². The lowest BCUT2D eigenvalue weighted by Crippen LogP contribution is -2.06. The van der Waals surface area contributed by atoms with Gasteiger partial charge < -0.3 is 0 Å². The summed E-state index contributed by atoms with van der Waals surface area (Å²) < 4.78 is 1.82. The molecule has 3 nitrogen and oxygen atoms in total. The molecule has 1 heterocycles. The van der Waals surface area contributed by atoms with Gasteiger partial charge in [0.25, 0.3) is 0 Å². The first kappa shape index (κ1) is 13.9. The standard InChI is InChI=1S/C15H18N2OS/c1-12-5-3-4-6-15(12)19-11-14(18)8-7-13-9-10-16-17(13)2/h3-6,9-10H,7-8,11H2,1-2H3. The SMILES string of the molecule is Cc1ccccc1SCC(=O)CCc1ccnn1C. The summed E-state index contributed by atoms with van der Waals surface area (Å²) in [6.45, 7) is 2.07. The maximum absolute atomic E-state index is 11.9. The number of thioether (sulfide) groups is 1. The molecule has 0 saturated heterocycles. The van der Waals surface area contributed by atoms with Crippen molar-refractivity contribution in [1.82, 2.24) is 9.78 Å². The van der Waals surface area contributed by atoms with E-state index in [0.717, 1.165) is 12.1 Å². The monoisotopic (exact) mass is 274 g/mol. The molecular weight excluding hydrogens is 256 g/mol. The summed E-state index contributed by atoms with van der Waals surface area (Å²) in [5.74, 6) is 0.831. The van der Waals surface area contributed by atoms with Crippen LogP contribution in [0.2, 0.25) is 0 Å². The van der Waals surface area contributed by atoms with E-state index in [4.69, 9.17) is 0 Å². The van der Waals surface area contributed by atoms with Gasteiger partial charge >= 0.3 is 0 Å². The van der Waals surface area contributed by atoms with Gasteiger partial charge in [-0.2, -0.15) is 5.10 Å². The van der Waals surface area contributed by atoms with Gasteiger partial charge in [0.05, 0.1) is 5.75 Å². The van der Waals surface area contributed by atoms with Crippen molar-refractivity contribution in [1.29, 1.82) is 0 Å². The molecule has 0 atom stereocenters. The highest BCUT2D eigenvalue weighted by Gasteiger charge is 2.07. The number of carbonyl (C=O) groups excluding carboxylic acids is 1. The summed E-state index contributed by atoms with van der Waals surface area (Å²) in [5.41, 5.74) is 2.33. The molecular formula is C15H18N2OS. The van der Waals surface area contributed by atoms with E-state index in [-0.39, 0.29) is 5.78 Å². The number of hydrogen-bond acceptors (Lipinski definition) is 3. The Labute approximate surface area is 118 Å². The molecule has 0 N–H and O–H groups in total. The molecule has 0 aliphatic rings. The third kappa shape index (κ3) is 3.96. The molecule has 0 unspecified atom stereocenters. The molecule has 0 amide bonds. The third-order valence-corrected chi connectivity index (χ3v) is 4.30. The van der Waals surface area contributed by atoms with E-state index in [9.17, 15) is 4.79 Å². The topological polar surface area (TPSA) is 34.9 Å². The van der Waals surface area contributed by atoms with Crippen molar-refractivity contribution in [3.05, 3.63) is 47.8 Å². The van der Waals surface area contributed by atoms with Crippen molar-refractivity contribution >= 4 is 17.5 Å². The molecule has 0 bridgehead atoms. The fraction of sp³-hybridized carbons (Fsp3) is 0.333. The Morgan fingerprint density at radius 1 is 1.32 bits per heavy atom. The van der Waals surface area contributed by atoms with Crippen molar-refractivity contribution in [2.24, 2.45) is 7.05 Å². The molecule has 0 aliphatic carbocycles. The number of rotatable bonds is 6. The summed E-state index contributed by atoms with van der Waals surface area (Å²) in [7, 11) is 1.90. The predicted octanol–water partition coefficient (Wildman–Crippen LogP) is 3.02. The Bertz CT molecular complexity index is 563. The Hall–Kier alpha value is -1.55. The van der Waals surface area contributed by atoms with Crippen molar-refractivity contribution in [2.75, 3.05) is 5.75 Å². The molecule has 0 spiro atoms. The number of nitrogens with zero attached hydrogens (tertiary/aromatic N) is 2. The van der Waals surface area contributed by atoms with Crippen molar-refractivity contribution in [3.8, 4) is 0 Å². The van der Waals surface area contributed by atoms with Crippen LogP contribution in [0, 0.1) is 6.92 Å². The first-order chi connectivity index (χ1) is 9.16. The molecule has 0 fully saturated rings. The zero-order valence-electron chi connectivity index (χ0n) is 11.3. The lowest BCUT2D eigenvalue weighted by Gasteiger charge is -2.05. The Kier molecular flexibility index (Phi) is 4.80. The second-order valence-electron chi connectivity index (χ2n) is 4.54. The normalized spacial score (nSPS) is 10.6. The molecule has 0 saturated carbocycles. The number of ketones is 1. The summed E-state index contributed by atoms with van der Waals surface area (Å²) >= 11 is 1.62. The summed E-state index contributed by atoms with van der Waals surface area (Å²) in [4.78, 5) is 13.1. The summed E-state index contributed by atoms with van der Waals surface area (Å²) in [6, 6.07) is 10.1. The summed E-state index contributed by atoms with van der Waals surface area (Å²) in [5, 5.41) is 4.10. The van der Waals surface area contributed by atoms with E-state index in [0.29, 0.717) is 12.2 Å². The van der Waals surface area contributed by atoms with Crippen LogP contribution in [0.4, 0.5) is 0 Å². The predicted molar refractivity (Wildman–Crippen MR) is 78.4 cm³/mol. The van der Waals surface area contributed by atoms with Crippen molar-refractivity contribution in [3.63, 3.8) is 0 Å². The molecule has 2 aromatic rings. The number of benzene rings is 1. The average molecular weight is 274 g/mol. The number of Topliss-reactive ketones (excluding diaryl/α,β-unsaturated/α-hetero) is 1. The third-order valence-electron chi connectivity index (χ3n) is 3.06. The molecule has 1 aromatic carbocycles. The molecule has 1 aromatic heterocycles. The Morgan fingerprint density at radius 2 is 2.11 bits per heavy atom. The number of carbonyl (C=O) groups is 1. The van der Waals surface area contributed by atoms with Crippen molar-refractivity contribution < 1.29 is 4.79 Å². The lowest BCUT2D eigenvalue weighted by atomic mass is 10.2. The minimum absolute atomic E-state index is 0.287. The zero-order chi connectivity index (χ0) is 13.7. The van der Waals surface area contributed by atoms with Gasteiger partial charge in [-0.25, -0.2) is 0 Å². The smallest absolute Gasteiger partial charge is 0.143 e. The summed E-state index contributed by atoms with van der Waals surface area (Å²) in [6.07, 6.45) is 3.12. The van der Waals surface area contributed by atoms with Crippen LogP contribution in [0.3, 0.4) is 0 Å². The van der Waals surface area contributed by atoms with Crippen LogP contribution in [0.1, 0.15) is 17.7 Å². The molecule has 19 heavy (non-hydrogen) atoms. The largest absolute Gasteiger partial charge is 0.299 e. The molecule has 0 aliphatic heterocycles. The fourth-order valence-corrected chi connectivity index (χ4v) is 2.79. The fourth-order valence-electron chi connectivity index (χ4n) is 1.86. The maximum Gasteiger partial charge on any atom is 0.143 e. The molecule has 2 rings (SSSR count). The Balaban J connectivity index is 1.79. The number of hydrogen-bond donors (Lipinski definition) is 0. The van der Waals surface area contributed by atoms with E-state index < -0.39 is 0 Å². The highest BCUT2D eigenvalue weighted by atomic mass is 32.2. The van der Waals surface area contributed by atoms with Crippen LogP contribution in [-0.2, 0) is 18.3 Å². The highest BCUT2D eigenvalue weighted by Crippen LogP contribution is 2.22. The Morgan fingerprint density at radius 3 is 2.79 bits per heavy atom. The zero-order valence-corrected chi connectivity index (χ0v) is 12.1. The van der Waals surface area contributed by atoms with E-state index in [1.54, 1.807) is 18.0 Å². The first-order valence-electron chi connectivity index (χ1n) is 6.34. The second kappa shape index (κ2) is 6.57.